The molecule has 3 aromatic rings. The van der Waals surface area contributed by atoms with Crippen LogP contribution in [-0.4, -0.2) is 49.4 Å². The second-order valence-corrected chi connectivity index (χ2v) is 8.89. The minimum absolute atomic E-state index is 0.0106. The molecule has 6 nitrogen and oxygen atoms in total. The van der Waals surface area contributed by atoms with Crippen molar-refractivity contribution in [2.75, 3.05) is 37.5 Å². The van der Waals surface area contributed by atoms with Crippen molar-refractivity contribution >= 4 is 17.4 Å². The first-order chi connectivity index (χ1) is 16.5. The third-order valence-corrected chi connectivity index (χ3v) is 7.11. The molecule has 7 heteroatoms. The Morgan fingerprint density at radius 2 is 1.88 bits per heavy atom. The summed E-state index contributed by atoms with van der Waals surface area (Å²) in [5.41, 5.74) is 4.37. The van der Waals surface area contributed by atoms with Gasteiger partial charge in [-0.2, -0.15) is 0 Å². The number of aliphatic hydroxyl groups is 1. The van der Waals surface area contributed by atoms with Gasteiger partial charge in [0.15, 0.2) is 0 Å². The zero-order valence-corrected chi connectivity index (χ0v) is 19.2. The third kappa shape index (κ3) is 3.86. The number of carbonyl (C=O) groups excluding carboxylic acids is 1. The quantitative estimate of drug-likeness (QED) is 0.580. The number of likely N-dealkylation sites (tertiary alicyclic amines) is 1. The smallest absolute Gasteiger partial charge is 0.322 e. The molecule has 3 atom stereocenters. The van der Waals surface area contributed by atoms with Crippen molar-refractivity contribution in [1.29, 1.82) is 0 Å². The van der Waals surface area contributed by atoms with E-state index in [9.17, 15) is 14.3 Å². The zero-order valence-electron chi connectivity index (χ0n) is 19.2. The number of nitrogens with one attached hydrogen (secondary N) is 1. The molecule has 0 saturated carbocycles. The molecule has 0 aromatic heterocycles. The molecule has 1 fully saturated rings. The lowest BCUT2D eigenvalue weighted by Gasteiger charge is -2.44. The lowest BCUT2D eigenvalue weighted by atomic mass is 9.81. The Bertz CT molecular complexity index is 1200. The topological polar surface area (TPSA) is 65.0 Å². The number of urea groups is 1. The average Bonchev–Trinajstić information content (AvgIpc) is 3.30. The number of carbonyl (C=O) groups is 1. The van der Waals surface area contributed by atoms with Gasteiger partial charge in [-0.05, 0) is 71.6 Å². The largest absolute Gasteiger partial charge is 0.497 e. The van der Waals surface area contributed by atoms with Crippen molar-refractivity contribution < 1.29 is 19.0 Å². The molecule has 0 unspecified atom stereocenters. The molecule has 34 heavy (non-hydrogen) atoms. The number of ether oxygens (including phenoxy) is 1. The van der Waals surface area contributed by atoms with Gasteiger partial charge < -0.3 is 25.0 Å². The molecular weight excluding hydrogens is 433 g/mol. The molecule has 2 aliphatic rings. The summed E-state index contributed by atoms with van der Waals surface area (Å²) in [5.74, 6) is 0.526. The Morgan fingerprint density at radius 1 is 1.12 bits per heavy atom. The predicted octanol–water partition coefficient (Wildman–Crippen LogP) is 4.91. The van der Waals surface area contributed by atoms with Crippen LogP contribution in [-0.2, 0) is 0 Å². The van der Waals surface area contributed by atoms with E-state index in [0.717, 1.165) is 34.5 Å². The number of hydrogen-bond acceptors (Lipinski definition) is 4. The third-order valence-electron chi connectivity index (χ3n) is 7.11. The van der Waals surface area contributed by atoms with Gasteiger partial charge in [-0.3, -0.25) is 0 Å². The number of rotatable bonds is 4. The van der Waals surface area contributed by atoms with Crippen molar-refractivity contribution in [3.8, 4) is 16.9 Å². The molecule has 0 bridgehead atoms. The molecule has 0 aliphatic carbocycles. The van der Waals surface area contributed by atoms with E-state index < -0.39 is 0 Å². The van der Waals surface area contributed by atoms with Crippen molar-refractivity contribution in [2.45, 2.75) is 18.5 Å². The first-order valence-corrected chi connectivity index (χ1v) is 11.5. The van der Waals surface area contributed by atoms with Gasteiger partial charge in [-0.1, -0.05) is 18.2 Å². The number of likely N-dealkylation sites (N-methyl/N-ethyl adjacent to an activating group) is 1. The predicted molar refractivity (Wildman–Crippen MR) is 131 cm³/mol. The van der Waals surface area contributed by atoms with E-state index >= 15 is 0 Å². The number of anilines is 2. The van der Waals surface area contributed by atoms with Gasteiger partial charge in [-0.15, -0.1) is 0 Å². The van der Waals surface area contributed by atoms with E-state index in [1.807, 2.05) is 42.3 Å². The highest BCUT2D eigenvalue weighted by molar-refractivity contribution is 5.90. The summed E-state index contributed by atoms with van der Waals surface area (Å²) in [7, 11) is 3.59. The second-order valence-electron chi connectivity index (χ2n) is 8.89. The monoisotopic (exact) mass is 461 g/mol. The highest BCUT2D eigenvalue weighted by atomic mass is 19.1. The van der Waals surface area contributed by atoms with Crippen LogP contribution in [0, 0.1) is 11.7 Å². The Hall–Kier alpha value is -3.58. The molecule has 0 spiro atoms. The van der Waals surface area contributed by atoms with Crippen LogP contribution < -0.4 is 15.0 Å². The van der Waals surface area contributed by atoms with E-state index in [1.54, 1.807) is 25.3 Å². The van der Waals surface area contributed by atoms with Gasteiger partial charge >= 0.3 is 6.03 Å². The van der Waals surface area contributed by atoms with Gasteiger partial charge in [0.2, 0.25) is 0 Å². The summed E-state index contributed by atoms with van der Waals surface area (Å²) in [6, 6.07) is 19.3. The van der Waals surface area contributed by atoms with Crippen LogP contribution in [0.5, 0.6) is 5.75 Å². The minimum Gasteiger partial charge on any atom is -0.497 e. The number of methoxy groups -OCH3 is 1. The van der Waals surface area contributed by atoms with Crippen molar-refractivity contribution in [3.05, 3.63) is 78.1 Å². The molecular formula is C27H28FN3O3. The van der Waals surface area contributed by atoms with Crippen molar-refractivity contribution in [3.63, 3.8) is 0 Å². The second kappa shape index (κ2) is 8.99. The van der Waals surface area contributed by atoms with Crippen LogP contribution in [0.3, 0.4) is 0 Å². The summed E-state index contributed by atoms with van der Waals surface area (Å²) in [6.07, 6.45) is 0.792. The van der Waals surface area contributed by atoms with E-state index in [4.69, 9.17) is 4.74 Å². The maximum atomic E-state index is 13.9. The Labute approximate surface area is 198 Å². The summed E-state index contributed by atoms with van der Waals surface area (Å²) in [6.45, 7) is 0.599. The Balaban J connectivity index is 1.51. The fourth-order valence-corrected chi connectivity index (χ4v) is 5.40. The van der Waals surface area contributed by atoms with Crippen LogP contribution in [0.1, 0.15) is 18.0 Å². The van der Waals surface area contributed by atoms with Crippen molar-refractivity contribution in [2.24, 2.45) is 5.92 Å². The number of halogens is 1. The Morgan fingerprint density at radius 3 is 2.59 bits per heavy atom. The molecule has 2 heterocycles. The van der Waals surface area contributed by atoms with Crippen molar-refractivity contribution in [1.82, 2.24) is 4.90 Å². The number of hydrogen-bond donors (Lipinski definition) is 2. The molecule has 2 amide bonds. The van der Waals surface area contributed by atoms with E-state index in [-0.39, 0.29) is 36.5 Å². The first-order valence-electron chi connectivity index (χ1n) is 11.5. The molecule has 2 aliphatic heterocycles. The normalized spacial score (nSPS) is 21.1. The summed E-state index contributed by atoms with van der Waals surface area (Å²) in [4.78, 5) is 17.3. The van der Waals surface area contributed by atoms with Crippen LogP contribution in [0.2, 0.25) is 0 Å². The maximum absolute atomic E-state index is 13.9. The van der Waals surface area contributed by atoms with Crippen LogP contribution in [0.15, 0.2) is 66.7 Å². The fraction of sp³-hybridized carbons (Fsp3) is 0.296. The number of nitrogens with zero attached hydrogens (tertiary/aromatic N) is 2. The van der Waals surface area contributed by atoms with Gasteiger partial charge in [0.05, 0.1) is 25.8 Å². The Kier molecular flexibility index (Phi) is 5.87. The molecule has 0 radical (unpaired) electrons. The number of aliphatic hydroxyl groups excluding tert-OH is 1. The van der Waals surface area contributed by atoms with E-state index in [1.165, 1.54) is 12.1 Å². The number of amides is 2. The SMILES string of the molecule is COc1ccc(NC(=O)N2CC[C@@H]3[C@@H](CO)N(C)c4ccc(-c5cccc(F)c5)cc4[C@@H]32)cc1. The zero-order chi connectivity index (χ0) is 23.8. The van der Waals surface area contributed by atoms with Gasteiger partial charge in [0, 0.05) is 30.9 Å². The van der Waals surface area contributed by atoms with E-state index in [2.05, 4.69) is 16.3 Å². The van der Waals surface area contributed by atoms with Crippen LogP contribution >= 0.6 is 0 Å². The van der Waals surface area contributed by atoms with Gasteiger partial charge in [0.25, 0.3) is 0 Å². The summed E-state index contributed by atoms with van der Waals surface area (Å²) in [5, 5.41) is 13.2. The molecule has 1 saturated heterocycles. The highest BCUT2D eigenvalue weighted by Crippen LogP contribution is 2.49. The highest BCUT2D eigenvalue weighted by Gasteiger charge is 2.47. The lowest BCUT2D eigenvalue weighted by Crippen LogP contribution is -2.48. The molecule has 2 N–H and O–H groups in total. The van der Waals surface area contributed by atoms with Gasteiger partial charge in [-0.25, -0.2) is 9.18 Å². The lowest BCUT2D eigenvalue weighted by molar-refractivity contribution is 0.168. The minimum atomic E-state index is -0.285. The van der Waals surface area contributed by atoms with Crippen LogP contribution in [0.25, 0.3) is 11.1 Å². The molecule has 3 aromatic carbocycles. The summed E-state index contributed by atoms with van der Waals surface area (Å²) < 4.78 is 19.1. The molecule has 176 valence electrons. The standard InChI is InChI=1S/C27H28FN3O3/c1-30-24-11-6-18(17-4-3-5-19(28)14-17)15-23(24)26-22(25(30)16-32)12-13-31(26)27(33)29-20-7-9-21(34-2)10-8-20/h3-11,14-15,22,25-26,32H,12-13,16H2,1-2H3,(H,29,33)/t22-,25-,26-/m1/s1. The first kappa shape index (κ1) is 22.2. The van der Waals surface area contributed by atoms with Crippen LogP contribution in [0.4, 0.5) is 20.6 Å². The fourth-order valence-electron chi connectivity index (χ4n) is 5.40. The van der Waals surface area contributed by atoms with E-state index in [0.29, 0.717) is 12.2 Å². The maximum Gasteiger partial charge on any atom is 0.322 e. The number of benzene rings is 3. The molecule has 5 rings (SSSR count). The summed E-state index contributed by atoms with van der Waals surface area (Å²) >= 11 is 0. The number of fused-ring (bicyclic) bond motifs is 3. The van der Waals surface area contributed by atoms with Gasteiger partial charge in [0.1, 0.15) is 11.6 Å². The average molecular weight is 462 g/mol.